The Hall–Kier alpha value is -2.88. The summed E-state index contributed by atoms with van der Waals surface area (Å²) in [5.41, 5.74) is 1.34. The van der Waals surface area contributed by atoms with Crippen LogP contribution in [0.15, 0.2) is 24.4 Å². The number of aromatic amines is 1. The van der Waals surface area contributed by atoms with Crippen LogP contribution in [0.2, 0.25) is 0 Å². The average molecular weight is 257 g/mol. The first-order chi connectivity index (χ1) is 9.10. The molecule has 0 spiro atoms. The summed E-state index contributed by atoms with van der Waals surface area (Å²) < 4.78 is 0. The molecule has 0 aliphatic carbocycles. The molecule has 0 saturated carbocycles. The minimum Gasteiger partial charge on any atom is -0.374 e. The van der Waals surface area contributed by atoms with Crippen molar-refractivity contribution in [3.8, 4) is 6.07 Å². The number of rotatable bonds is 4. The summed E-state index contributed by atoms with van der Waals surface area (Å²) in [5, 5.41) is 22.6. The van der Waals surface area contributed by atoms with Crippen LogP contribution in [0.25, 0.3) is 0 Å². The first kappa shape index (κ1) is 12.6. The Morgan fingerprint density at radius 1 is 1.58 bits per heavy atom. The summed E-state index contributed by atoms with van der Waals surface area (Å²) in [4.78, 5) is 17.5. The maximum absolute atomic E-state index is 10.9. The molecular weight excluding hydrogens is 246 g/mol. The number of hydrogen-bond donors (Lipinski definition) is 2. The van der Waals surface area contributed by atoms with Crippen molar-refractivity contribution in [1.29, 1.82) is 5.26 Å². The van der Waals surface area contributed by atoms with Crippen LogP contribution in [0.4, 0.5) is 11.4 Å². The van der Waals surface area contributed by atoms with Crippen molar-refractivity contribution in [1.82, 2.24) is 9.97 Å². The third-order valence-electron chi connectivity index (χ3n) is 2.55. The fourth-order valence-corrected chi connectivity index (χ4v) is 1.65. The van der Waals surface area contributed by atoms with Gasteiger partial charge >= 0.3 is 0 Å². The molecule has 2 N–H and O–H groups in total. The van der Waals surface area contributed by atoms with E-state index in [9.17, 15) is 10.1 Å². The number of H-pyrrole nitrogens is 1. The molecule has 7 heteroatoms. The monoisotopic (exact) mass is 257 g/mol. The topological polar surface area (TPSA) is 108 Å². The minimum absolute atomic E-state index is 0.115. The van der Waals surface area contributed by atoms with E-state index in [-0.39, 0.29) is 11.3 Å². The van der Waals surface area contributed by atoms with Crippen molar-refractivity contribution in [3.63, 3.8) is 0 Å². The lowest BCUT2D eigenvalue weighted by Gasteiger charge is -2.05. The van der Waals surface area contributed by atoms with Gasteiger partial charge in [0.15, 0.2) is 0 Å². The molecule has 7 nitrogen and oxygen atoms in total. The Labute approximate surface area is 109 Å². The van der Waals surface area contributed by atoms with Crippen LogP contribution < -0.4 is 5.32 Å². The average Bonchev–Trinajstić information content (AvgIpc) is 2.82. The number of aryl methyl sites for hydroxylation is 1. The lowest BCUT2D eigenvalue weighted by Crippen LogP contribution is -2.03. The van der Waals surface area contributed by atoms with Crippen LogP contribution in [0.1, 0.15) is 17.1 Å². The number of nitriles is 1. The maximum atomic E-state index is 10.9. The summed E-state index contributed by atoms with van der Waals surface area (Å²) in [7, 11) is 0. The Morgan fingerprint density at radius 2 is 2.37 bits per heavy atom. The number of aromatic nitrogens is 2. The molecule has 1 aromatic heterocycles. The van der Waals surface area contributed by atoms with Gasteiger partial charge in [-0.25, -0.2) is 4.98 Å². The number of imidazole rings is 1. The molecule has 0 aliphatic heterocycles. The largest absolute Gasteiger partial charge is 0.374 e. The number of nitro benzene ring substituents is 1. The molecule has 0 fully saturated rings. The molecule has 0 atom stereocenters. The summed E-state index contributed by atoms with van der Waals surface area (Å²) in [6, 6.07) is 6.19. The molecule has 2 rings (SSSR count). The van der Waals surface area contributed by atoms with E-state index in [4.69, 9.17) is 5.26 Å². The number of hydrogen-bond acceptors (Lipinski definition) is 5. The van der Waals surface area contributed by atoms with Gasteiger partial charge in [0.05, 0.1) is 35.0 Å². The van der Waals surface area contributed by atoms with Crippen molar-refractivity contribution in [2.24, 2.45) is 0 Å². The highest BCUT2D eigenvalue weighted by Gasteiger charge is 2.14. The Morgan fingerprint density at radius 3 is 2.95 bits per heavy atom. The summed E-state index contributed by atoms with van der Waals surface area (Å²) >= 11 is 0. The second-order valence-electron chi connectivity index (χ2n) is 3.95. The van der Waals surface area contributed by atoms with Gasteiger partial charge in [-0.15, -0.1) is 0 Å². The maximum Gasteiger partial charge on any atom is 0.293 e. The second kappa shape index (κ2) is 5.18. The van der Waals surface area contributed by atoms with Crippen molar-refractivity contribution >= 4 is 11.4 Å². The zero-order chi connectivity index (χ0) is 13.8. The molecule has 96 valence electrons. The molecule has 0 radical (unpaired) electrons. The SMILES string of the molecule is Cc1ncc(CNc2ccc(C#N)cc2[N+](=O)[O-])[nH]1. The molecular formula is C12H11N5O2. The van der Waals surface area contributed by atoms with Gasteiger partial charge in [0.25, 0.3) is 5.69 Å². The molecule has 0 bridgehead atoms. The second-order valence-corrected chi connectivity index (χ2v) is 3.95. The Bertz CT molecular complexity index is 656. The lowest BCUT2D eigenvalue weighted by molar-refractivity contribution is -0.384. The fourth-order valence-electron chi connectivity index (χ4n) is 1.65. The van der Waals surface area contributed by atoms with Crippen LogP contribution in [0, 0.1) is 28.4 Å². The van der Waals surface area contributed by atoms with Gasteiger partial charge in [-0.1, -0.05) is 0 Å². The summed E-state index contributed by atoms with van der Waals surface area (Å²) in [6.07, 6.45) is 1.66. The molecule has 2 aromatic rings. The summed E-state index contributed by atoms with van der Waals surface area (Å²) in [6.45, 7) is 2.22. The zero-order valence-electron chi connectivity index (χ0n) is 10.2. The van der Waals surface area contributed by atoms with E-state index in [1.807, 2.05) is 13.0 Å². The van der Waals surface area contributed by atoms with E-state index in [0.29, 0.717) is 12.2 Å². The zero-order valence-corrected chi connectivity index (χ0v) is 10.2. The molecule has 1 aromatic carbocycles. The Balaban J connectivity index is 2.20. The van der Waals surface area contributed by atoms with Gasteiger partial charge < -0.3 is 10.3 Å². The van der Waals surface area contributed by atoms with Gasteiger partial charge in [0, 0.05) is 6.07 Å². The van der Waals surface area contributed by atoms with E-state index in [0.717, 1.165) is 11.5 Å². The van der Waals surface area contributed by atoms with Crippen molar-refractivity contribution in [2.45, 2.75) is 13.5 Å². The molecule has 0 unspecified atom stereocenters. The van der Waals surface area contributed by atoms with Gasteiger partial charge in [-0.3, -0.25) is 10.1 Å². The van der Waals surface area contributed by atoms with E-state index in [2.05, 4.69) is 15.3 Å². The molecule has 0 saturated heterocycles. The van der Waals surface area contributed by atoms with Crippen LogP contribution in [-0.2, 0) is 6.54 Å². The first-order valence-corrected chi connectivity index (χ1v) is 5.53. The smallest absolute Gasteiger partial charge is 0.293 e. The minimum atomic E-state index is -0.513. The highest BCUT2D eigenvalue weighted by molar-refractivity contribution is 5.64. The number of nitrogens with zero attached hydrogens (tertiary/aromatic N) is 3. The highest BCUT2D eigenvalue weighted by Crippen LogP contribution is 2.25. The van der Waals surface area contributed by atoms with Crippen LogP contribution in [-0.4, -0.2) is 14.9 Å². The lowest BCUT2D eigenvalue weighted by atomic mass is 10.2. The number of nitrogens with one attached hydrogen (secondary N) is 2. The quantitative estimate of drug-likeness (QED) is 0.644. The van der Waals surface area contributed by atoms with Crippen molar-refractivity contribution in [3.05, 3.63) is 51.6 Å². The van der Waals surface area contributed by atoms with Crippen molar-refractivity contribution < 1.29 is 4.92 Å². The fraction of sp³-hybridized carbons (Fsp3) is 0.167. The number of anilines is 1. The molecule has 19 heavy (non-hydrogen) atoms. The molecule has 0 amide bonds. The van der Waals surface area contributed by atoms with E-state index in [1.165, 1.54) is 18.2 Å². The number of benzene rings is 1. The van der Waals surface area contributed by atoms with Crippen molar-refractivity contribution in [2.75, 3.05) is 5.32 Å². The van der Waals surface area contributed by atoms with Gasteiger partial charge in [-0.05, 0) is 19.1 Å². The van der Waals surface area contributed by atoms with Crippen LogP contribution in [0.5, 0.6) is 0 Å². The first-order valence-electron chi connectivity index (χ1n) is 5.53. The molecule has 0 aliphatic rings. The highest BCUT2D eigenvalue weighted by atomic mass is 16.6. The normalized spacial score (nSPS) is 9.89. The van der Waals surface area contributed by atoms with E-state index < -0.39 is 4.92 Å². The van der Waals surface area contributed by atoms with Crippen LogP contribution in [0.3, 0.4) is 0 Å². The van der Waals surface area contributed by atoms with Gasteiger partial charge in [0.2, 0.25) is 0 Å². The predicted molar refractivity (Wildman–Crippen MR) is 68.5 cm³/mol. The third kappa shape index (κ3) is 2.87. The van der Waals surface area contributed by atoms with E-state index in [1.54, 1.807) is 6.20 Å². The molecule has 1 heterocycles. The van der Waals surface area contributed by atoms with Gasteiger partial charge in [-0.2, -0.15) is 5.26 Å². The third-order valence-corrected chi connectivity index (χ3v) is 2.55. The van der Waals surface area contributed by atoms with E-state index >= 15 is 0 Å². The number of nitro groups is 1. The standard InChI is InChI=1S/C12H11N5O2/c1-8-14-6-10(16-8)7-15-11-3-2-9(5-13)4-12(11)17(18)19/h2-4,6,15H,7H2,1H3,(H,14,16). The Kier molecular flexibility index (Phi) is 3.43. The van der Waals surface area contributed by atoms with Crippen LogP contribution >= 0.6 is 0 Å². The summed E-state index contributed by atoms with van der Waals surface area (Å²) in [5.74, 6) is 0.783. The van der Waals surface area contributed by atoms with Gasteiger partial charge in [0.1, 0.15) is 11.5 Å². The predicted octanol–water partition coefficient (Wildman–Crippen LogP) is 2.11.